The molecule has 84 valence electrons. The molecule has 1 aliphatic rings. The smallest absolute Gasteiger partial charge is 0.187 e. The molecule has 0 amide bonds. The Bertz CT molecular complexity index is 290. The first-order valence-electron chi connectivity index (χ1n) is 4.69. The average molecular weight is 250 g/mol. The van der Waals surface area contributed by atoms with Crippen LogP contribution in [0.15, 0.2) is 17.6 Å². The molecule has 6 heteroatoms. The van der Waals surface area contributed by atoms with Crippen LogP contribution in [0.2, 0.25) is 0 Å². The second-order valence-electron chi connectivity index (χ2n) is 3.27. The van der Waals surface area contributed by atoms with E-state index in [1.54, 1.807) is 11.8 Å². The summed E-state index contributed by atoms with van der Waals surface area (Å²) in [5, 5.41) is 4.51. The maximum atomic E-state index is 12.5. The summed E-state index contributed by atoms with van der Waals surface area (Å²) in [4.78, 5) is 7.84. The van der Waals surface area contributed by atoms with Gasteiger partial charge in [-0.25, -0.2) is 14.4 Å². The van der Waals surface area contributed by atoms with Crippen molar-refractivity contribution in [3.8, 4) is 0 Å². The Morgan fingerprint density at radius 2 is 2.13 bits per heavy atom. The average Bonchev–Trinajstić information content (AvgIpc) is 2.23. The fourth-order valence-electron chi connectivity index (χ4n) is 1.43. The van der Waals surface area contributed by atoms with Gasteiger partial charge in [-0.15, -0.1) is 12.4 Å². The van der Waals surface area contributed by atoms with E-state index in [1.807, 2.05) is 0 Å². The van der Waals surface area contributed by atoms with Gasteiger partial charge in [0.25, 0.3) is 0 Å². The van der Waals surface area contributed by atoms with Crippen LogP contribution >= 0.6 is 24.2 Å². The molecule has 1 fully saturated rings. The standard InChI is InChI=1S/C9H12FN3S.ClH/c10-7-4-12-9(13-5-7)14-8-2-1-3-11-6-8;/h4-5,8,11H,1-3,6H2;1H. The van der Waals surface area contributed by atoms with Crippen molar-refractivity contribution in [1.29, 1.82) is 0 Å². The summed E-state index contributed by atoms with van der Waals surface area (Å²) < 4.78 is 12.5. The number of aromatic nitrogens is 2. The topological polar surface area (TPSA) is 37.8 Å². The fourth-order valence-corrected chi connectivity index (χ4v) is 2.44. The minimum Gasteiger partial charge on any atom is -0.316 e. The monoisotopic (exact) mass is 249 g/mol. The van der Waals surface area contributed by atoms with Gasteiger partial charge in [-0.1, -0.05) is 11.8 Å². The summed E-state index contributed by atoms with van der Waals surface area (Å²) in [6, 6.07) is 0. The van der Waals surface area contributed by atoms with E-state index in [1.165, 1.54) is 25.2 Å². The second-order valence-corrected chi connectivity index (χ2v) is 4.54. The number of thioether (sulfide) groups is 1. The molecule has 0 aliphatic carbocycles. The Hall–Kier alpha value is -0.390. The van der Waals surface area contributed by atoms with Gasteiger partial charge in [-0.3, -0.25) is 0 Å². The lowest BCUT2D eigenvalue weighted by atomic mass is 10.2. The zero-order valence-corrected chi connectivity index (χ0v) is 9.78. The first-order chi connectivity index (χ1) is 6.84. The SMILES string of the molecule is Cl.Fc1cnc(SC2CCCNC2)nc1. The molecule has 0 bridgehead atoms. The van der Waals surface area contributed by atoms with E-state index in [2.05, 4.69) is 15.3 Å². The molecule has 1 aromatic rings. The van der Waals surface area contributed by atoms with Crippen molar-refractivity contribution in [3.05, 3.63) is 18.2 Å². The Morgan fingerprint density at radius 1 is 1.40 bits per heavy atom. The number of rotatable bonds is 2. The largest absolute Gasteiger partial charge is 0.316 e. The highest BCUT2D eigenvalue weighted by molar-refractivity contribution is 7.99. The molecule has 1 atom stereocenters. The van der Waals surface area contributed by atoms with E-state index in [-0.39, 0.29) is 18.2 Å². The molecule has 0 saturated carbocycles. The molecular weight excluding hydrogens is 237 g/mol. The number of halogens is 2. The number of nitrogens with one attached hydrogen (secondary N) is 1. The van der Waals surface area contributed by atoms with Crippen LogP contribution in [-0.4, -0.2) is 28.3 Å². The van der Waals surface area contributed by atoms with Crippen LogP contribution in [0.5, 0.6) is 0 Å². The highest BCUT2D eigenvalue weighted by Crippen LogP contribution is 2.23. The molecule has 2 heterocycles. The van der Waals surface area contributed by atoms with Gasteiger partial charge >= 0.3 is 0 Å². The van der Waals surface area contributed by atoms with Crippen LogP contribution in [0.4, 0.5) is 4.39 Å². The van der Waals surface area contributed by atoms with Gasteiger partial charge in [0.1, 0.15) is 0 Å². The van der Waals surface area contributed by atoms with Crippen LogP contribution in [0, 0.1) is 5.82 Å². The van der Waals surface area contributed by atoms with Crippen molar-refractivity contribution < 1.29 is 4.39 Å². The van der Waals surface area contributed by atoms with Crippen molar-refractivity contribution in [2.75, 3.05) is 13.1 Å². The third-order valence-electron chi connectivity index (χ3n) is 2.12. The predicted molar refractivity (Wildman–Crippen MR) is 61.0 cm³/mol. The summed E-state index contributed by atoms with van der Waals surface area (Å²) in [6.07, 6.45) is 4.80. The molecule has 1 aliphatic heterocycles. The van der Waals surface area contributed by atoms with Crippen LogP contribution < -0.4 is 5.32 Å². The van der Waals surface area contributed by atoms with Gasteiger partial charge < -0.3 is 5.32 Å². The molecule has 2 rings (SSSR count). The zero-order chi connectivity index (χ0) is 9.80. The van der Waals surface area contributed by atoms with E-state index in [0.29, 0.717) is 10.4 Å². The number of hydrogen-bond donors (Lipinski definition) is 1. The van der Waals surface area contributed by atoms with Gasteiger partial charge in [-0.2, -0.15) is 0 Å². The first-order valence-corrected chi connectivity index (χ1v) is 5.57. The summed E-state index contributed by atoms with van der Waals surface area (Å²) in [6.45, 7) is 2.09. The summed E-state index contributed by atoms with van der Waals surface area (Å²) in [7, 11) is 0. The molecule has 15 heavy (non-hydrogen) atoms. The van der Waals surface area contributed by atoms with Crippen molar-refractivity contribution in [1.82, 2.24) is 15.3 Å². The first kappa shape index (κ1) is 12.7. The van der Waals surface area contributed by atoms with Crippen LogP contribution in [0.3, 0.4) is 0 Å². The van der Waals surface area contributed by atoms with Crippen LogP contribution in [0.1, 0.15) is 12.8 Å². The van der Waals surface area contributed by atoms with Crippen molar-refractivity contribution >= 4 is 24.2 Å². The minimum atomic E-state index is -0.379. The minimum absolute atomic E-state index is 0. The van der Waals surface area contributed by atoms with E-state index in [4.69, 9.17) is 0 Å². The molecule has 1 saturated heterocycles. The van der Waals surface area contributed by atoms with Gasteiger partial charge in [-0.05, 0) is 19.4 Å². The summed E-state index contributed by atoms with van der Waals surface area (Å²) in [5.41, 5.74) is 0. The lowest BCUT2D eigenvalue weighted by Crippen LogP contribution is -2.31. The van der Waals surface area contributed by atoms with E-state index >= 15 is 0 Å². The third kappa shape index (κ3) is 3.93. The van der Waals surface area contributed by atoms with Crippen molar-refractivity contribution in [2.45, 2.75) is 23.2 Å². The second kappa shape index (κ2) is 6.25. The summed E-state index contributed by atoms with van der Waals surface area (Å²) >= 11 is 1.62. The Balaban J connectivity index is 0.00000112. The van der Waals surface area contributed by atoms with Crippen molar-refractivity contribution in [3.63, 3.8) is 0 Å². The molecule has 3 nitrogen and oxygen atoms in total. The molecule has 0 aromatic carbocycles. The van der Waals surface area contributed by atoms with Gasteiger partial charge in [0.15, 0.2) is 11.0 Å². The molecule has 1 unspecified atom stereocenters. The quantitative estimate of drug-likeness (QED) is 0.813. The van der Waals surface area contributed by atoms with Crippen LogP contribution in [0.25, 0.3) is 0 Å². The Kier molecular flexibility index (Phi) is 5.28. The third-order valence-corrected chi connectivity index (χ3v) is 3.28. The van der Waals surface area contributed by atoms with Gasteiger partial charge in [0.2, 0.25) is 0 Å². The Labute approximate surface area is 98.7 Å². The lowest BCUT2D eigenvalue weighted by molar-refractivity contribution is 0.530. The fraction of sp³-hybridized carbons (Fsp3) is 0.556. The molecular formula is C9H13ClFN3S. The molecule has 1 aromatic heterocycles. The van der Waals surface area contributed by atoms with Gasteiger partial charge in [0, 0.05) is 11.8 Å². The zero-order valence-electron chi connectivity index (χ0n) is 8.15. The predicted octanol–water partition coefficient (Wildman–Crippen LogP) is 1.88. The summed E-state index contributed by atoms with van der Waals surface area (Å²) in [5.74, 6) is -0.379. The number of piperidine rings is 1. The van der Waals surface area contributed by atoms with E-state index in [0.717, 1.165) is 13.1 Å². The maximum absolute atomic E-state index is 12.5. The van der Waals surface area contributed by atoms with E-state index in [9.17, 15) is 4.39 Å². The van der Waals surface area contributed by atoms with Gasteiger partial charge in [0.05, 0.1) is 12.4 Å². The highest BCUT2D eigenvalue weighted by atomic mass is 35.5. The number of nitrogens with zero attached hydrogens (tertiary/aromatic N) is 2. The van der Waals surface area contributed by atoms with Crippen molar-refractivity contribution in [2.24, 2.45) is 0 Å². The van der Waals surface area contributed by atoms with Crippen LogP contribution in [-0.2, 0) is 0 Å². The molecule has 0 radical (unpaired) electrons. The number of hydrogen-bond acceptors (Lipinski definition) is 4. The molecule has 0 spiro atoms. The van der Waals surface area contributed by atoms with E-state index < -0.39 is 0 Å². The highest BCUT2D eigenvalue weighted by Gasteiger charge is 2.15. The normalized spacial score (nSPS) is 20.7. The Morgan fingerprint density at radius 3 is 2.73 bits per heavy atom. The maximum Gasteiger partial charge on any atom is 0.187 e. The lowest BCUT2D eigenvalue weighted by Gasteiger charge is -2.20. The molecule has 1 N–H and O–H groups in total.